The van der Waals surface area contributed by atoms with E-state index in [4.69, 9.17) is 0 Å². The molecule has 2 N–H and O–H groups in total. The molecule has 1 saturated carbocycles. The fourth-order valence-corrected chi connectivity index (χ4v) is 1.68. The number of rotatable bonds is 0. The maximum absolute atomic E-state index is 10.6. The van der Waals surface area contributed by atoms with E-state index >= 15 is 0 Å². The SMILES string of the molecule is O=C1N[C@H]2CCC[C@H]2N1. The van der Waals surface area contributed by atoms with Gasteiger partial charge in [0.25, 0.3) is 0 Å². The fourth-order valence-electron chi connectivity index (χ4n) is 1.68. The highest BCUT2D eigenvalue weighted by atomic mass is 16.2. The third kappa shape index (κ3) is 0.677. The first-order valence-electron chi connectivity index (χ1n) is 3.43. The topological polar surface area (TPSA) is 41.1 Å². The van der Waals surface area contributed by atoms with E-state index in [1.54, 1.807) is 0 Å². The molecule has 2 rings (SSSR count). The zero-order valence-electron chi connectivity index (χ0n) is 5.18. The molecular formula is C6H10N2O. The van der Waals surface area contributed by atoms with E-state index < -0.39 is 0 Å². The Balaban J connectivity index is 2.09. The second-order valence-electron chi connectivity index (χ2n) is 2.76. The molecule has 0 bridgehead atoms. The Morgan fingerprint density at radius 2 is 1.78 bits per heavy atom. The standard InChI is InChI=1S/C6H10N2O/c9-6-7-4-2-1-3-5(4)8-6/h4-5H,1-3H2,(H2,7,8,9)/t4-,5+. The lowest BCUT2D eigenvalue weighted by Gasteiger charge is -2.03. The summed E-state index contributed by atoms with van der Waals surface area (Å²) >= 11 is 0. The number of hydrogen-bond acceptors (Lipinski definition) is 1. The van der Waals surface area contributed by atoms with Crippen LogP contribution in [0.15, 0.2) is 0 Å². The molecule has 1 heterocycles. The number of nitrogens with one attached hydrogen (secondary N) is 2. The molecule has 0 aromatic heterocycles. The van der Waals surface area contributed by atoms with E-state index in [0.29, 0.717) is 12.1 Å². The number of fused-ring (bicyclic) bond motifs is 1. The summed E-state index contributed by atoms with van der Waals surface area (Å²) in [6.45, 7) is 0. The quantitative estimate of drug-likeness (QED) is 0.479. The van der Waals surface area contributed by atoms with Gasteiger partial charge in [-0.15, -0.1) is 0 Å². The van der Waals surface area contributed by atoms with Gasteiger partial charge >= 0.3 is 6.03 Å². The monoisotopic (exact) mass is 126 g/mol. The van der Waals surface area contributed by atoms with Crippen molar-refractivity contribution in [1.29, 1.82) is 0 Å². The van der Waals surface area contributed by atoms with E-state index in [-0.39, 0.29) is 6.03 Å². The third-order valence-corrected chi connectivity index (χ3v) is 2.15. The van der Waals surface area contributed by atoms with Crippen molar-refractivity contribution in [3.63, 3.8) is 0 Å². The van der Waals surface area contributed by atoms with Gasteiger partial charge in [-0.2, -0.15) is 0 Å². The van der Waals surface area contributed by atoms with Crippen LogP contribution in [-0.2, 0) is 0 Å². The maximum atomic E-state index is 10.6. The van der Waals surface area contributed by atoms with Crippen LogP contribution in [-0.4, -0.2) is 18.1 Å². The minimum absolute atomic E-state index is 0.0182. The van der Waals surface area contributed by atoms with E-state index in [0.717, 1.165) is 12.8 Å². The molecule has 0 unspecified atom stereocenters. The zero-order chi connectivity index (χ0) is 6.27. The van der Waals surface area contributed by atoms with Crippen molar-refractivity contribution in [3.8, 4) is 0 Å². The van der Waals surface area contributed by atoms with Gasteiger partial charge in [-0.3, -0.25) is 0 Å². The van der Waals surface area contributed by atoms with Gasteiger partial charge in [0.1, 0.15) is 0 Å². The van der Waals surface area contributed by atoms with Crippen LogP contribution >= 0.6 is 0 Å². The zero-order valence-corrected chi connectivity index (χ0v) is 5.18. The van der Waals surface area contributed by atoms with Crippen molar-refractivity contribution in [2.75, 3.05) is 0 Å². The maximum Gasteiger partial charge on any atom is 0.315 e. The molecule has 2 fully saturated rings. The van der Waals surface area contributed by atoms with Crippen LogP contribution in [0, 0.1) is 0 Å². The van der Waals surface area contributed by atoms with Crippen LogP contribution < -0.4 is 10.6 Å². The van der Waals surface area contributed by atoms with Crippen molar-refractivity contribution in [1.82, 2.24) is 10.6 Å². The van der Waals surface area contributed by atoms with Gasteiger partial charge < -0.3 is 10.6 Å². The molecule has 0 radical (unpaired) electrons. The lowest BCUT2D eigenvalue weighted by molar-refractivity contribution is 0.246. The lowest BCUT2D eigenvalue weighted by atomic mass is 10.2. The van der Waals surface area contributed by atoms with Crippen LogP contribution in [0.25, 0.3) is 0 Å². The minimum atomic E-state index is 0.0182. The van der Waals surface area contributed by atoms with Crippen molar-refractivity contribution >= 4 is 6.03 Å². The third-order valence-electron chi connectivity index (χ3n) is 2.15. The minimum Gasteiger partial charge on any atom is -0.333 e. The van der Waals surface area contributed by atoms with Gasteiger partial charge in [0.15, 0.2) is 0 Å². The molecule has 9 heavy (non-hydrogen) atoms. The summed E-state index contributed by atoms with van der Waals surface area (Å²) in [5.41, 5.74) is 0. The lowest BCUT2D eigenvalue weighted by Crippen LogP contribution is -2.26. The average molecular weight is 126 g/mol. The molecule has 0 aromatic carbocycles. The van der Waals surface area contributed by atoms with Gasteiger partial charge in [-0.1, -0.05) is 0 Å². The van der Waals surface area contributed by atoms with Gasteiger partial charge in [0, 0.05) is 0 Å². The van der Waals surface area contributed by atoms with E-state index in [9.17, 15) is 4.79 Å². The van der Waals surface area contributed by atoms with Crippen molar-refractivity contribution in [2.45, 2.75) is 31.3 Å². The van der Waals surface area contributed by atoms with Crippen LogP contribution in [0.3, 0.4) is 0 Å². The Morgan fingerprint density at radius 1 is 1.22 bits per heavy atom. The Bertz CT molecular complexity index is 132. The van der Waals surface area contributed by atoms with E-state index in [2.05, 4.69) is 10.6 Å². The Kier molecular flexibility index (Phi) is 0.917. The van der Waals surface area contributed by atoms with Crippen LogP contribution in [0.5, 0.6) is 0 Å². The summed E-state index contributed by atoms with van der Waals surface area (Å²) in [7, 11) is 0. The average Bonchev–Trinajstić information content (AvgIpc) is 2.22. The molecule has 2 aliphatic rings. The number of carbonyl (C=O) groups is 1. The fraction of sp³-hybridized carbons (Fsp3) is 0.833. The van der Waals surface area contributed by atoms with E-state index in [1.165, 1.54) is 6.42 Å². The summed E-state index contributed by atoms with van der Waals surface area (Å²) < 4.78 is 0. The van der Waals surface area contributed by atoms with Gasteiger partial charge in [-0.05, 0) is 19.3 Å². The molecule has 2 atom stereocenters. The van der Waals surface area contributed by atoms with Crippen molar-refractivity contribution < 1.29 is 4.79 Å². The summed E-state index contributed by atoms with van der Waals surface area (Å²) in [6.07, 6.45) is 3.56. The van der Waals surface area contributed by atoms with Gasteiger partial charge in [0.05, 0.1) is 12.1 Å². The number of amides is 2. The summed E-state index contributed by atoms with van der Waals surface area (Å²) in [6, 6.07) is 0.902. The molecular weight excluding hydrogens is 116 g/mol. The molecule has 1 aliphatic carbocycles. The highest BCUT2D eigenvalue weighted by Crippen LogP contribution is 2.21. The molecule has 2 amide bonds. The molecule has 3 heteroatoms. The normalized spacial score (nSPS) is 39.8. The Labute approximate surface area is 53.8 Å². The van der Waals surface area contributed by atoms with Gasteiger partial charge in [0.2, 0.25) is 0 Å². The first-order chi connectivity index (χ1) is 4.36. The highest BCUT2D eigenvalue weighted by Gasteiger charge is 2.34. The predicted octanol–water partition coefficient (Wildman–Crippen LogP) is 0.220. The van der Waals surface area contributed by atoms with E-state index in [1.807, 2.05) is 0 Å². The molecule has 0 aromatic rings. The number of carbonyl (C=O) groups excluding carboxylic acids is 1. The second kappa shape index (κ2) is 1.62. The van der Waals surface area contributed by atoms with Crippen LogP contribution in [0.2, 0.25) is 0 Å². The first-order valence-corrected chi connectivity index (χ1v) is 3.43. The number of hydrogen-bond donors (Lipinski definition) is 2. The number of urea groups is 1. The van der Waals surface area contributed by atoms with Crippen molar-refractivity contribution in [3.05, 3.63) is 0 Å². The molecule has 50 valence electrons. The Morgan fingerprint density at radius 3 is 2.33 bits per heavy atom. The summed E-state index contributed by atoms with van der Waals surface area (Å²) in [5.74, 6) is 0. The molecule has 3 nitrogen and oxygen atoms in total. The molecule has 0 spiro atoms. The largest absolute Gasteiger partial charge is 0.333 e. The molecule has 1 saturated heterocycles. The van der Waals surface area contributed by atoms with Crippen molar-refractivity contribution in [2.24, 2.45) is 0 Å². The summed E-state index contributed by atoms with van der Waals surface area (Å²) in [4.78, 5) is 10.6. The summed E-state index contributed by atoms with van der Waals surface area (Å²) in [5, 5.41) is 5.73. The van der Waals surface area contributed by atoms with Crippen LogP contribution in [0.1, 0.15) is 19.3 Å². The first kappa shape index (κ1) is 5.09. The molecule has 1 aliphatic heterocycles. The Hall–Kier alpha value is -0.730. The smallest absolute Gasteiger partial charge is 0.315 e. The highest BCUT2D eigenvalue weighted by molar-refractivity contribution is 5.77. The predicted molar refractivity (Wildman–Crippen MR) is 33.1 cm³/mol. The second-order valence-corrected chi connectivity index (χ2v) is 2.76. The van der Waals surface area contributed by atoms with Gasteiger partial charge in [-0.25, -0.2) is 4.79 Å². The van der Waals surface area contributed by atoms with Crippen LogP contribution in [0.4, 0.5) is 4.79 Å².